The molecule has 1 fully saturated rings. The van der Waals surface area contributed by atoms with Gasteiger partial charge in [-0.05, 0) is 24.8 Å². The molecule has 2 nitrogen and oxygen atoms in total. The third-order valence-electron chi connectivity index (χ3n) is 4.07. The van der Waals surface area contributed by atoms with Gasteiger partial charge >= 0.3 is 0 Å². The van der Waals surface area contributed by atoms with Gasteiger partial charge in [-0.3, -0.25) is 0 Å². The zero-order valence-electron chi connectivity index (χ0n) is 13.2. The van der Waals surface area contributed by atoms with Crippen LogP contribution in [0.25, 0.3) is 0 Å². The molecule has 116 valence electrons. The Hall–Kier alpha value is -1.12. The largest absolute Gasteiger partial charge is 0.348 e. The Morgan fingerprint density at radius 1 is 1.14 bits per heavy atom. The Morgan fingerprint density at radius 3 is 2.48 bits per heavy atom. The molecule has 0 amide bonds. The van der Waals surface area contributed by atoms with Crippen molar-refractivity contribution in [3.05, 3.63) is 48.0 Å². The van der Waals surface area contributed by atoms with Crippen molar-refractivity contribution in [2.24, 2.45) is 5.92 Å². The number of aryl methyl sites for hydroxylation is 1. The van der Waals surface area contributed by atoms with Crippen LogP contribution < -0.4 is 0 Å². The highest BCUT2D eigenvalue weighted by Crippen LogP contribution is 2.27. The summed E-state index contributed by atoms with van der Waals surface area (Å²) in [5.74, 6) is 0.569. The molecular formula is C19H28O2. The van der Waals surface area contributed by atoms with E-state index in [1.54, 1.807) is 0 Å². The maximum absolute atomic E-state index is 5.89. The SMILES string of the molecule is C=CCCc1ccc(C2OCC(CCCCC)CO2)cc1. The number of unbranched alkanes of at least 4 members (excludes halogenated alkanes) is 2. The lowest BCUT2D eigenvalue weighted by atomic mass is 10.0. The molecule has 0 spiro atoms. The van der Waals surface area contributed by atoms with Crippen LogP contribution in [0.2, 0.25) is 0 Å². The molecule has 0 atom stereocenters. The third kappa shape index (κ3) is 5.29. The predicted molar refractivity (Wildman–Crippen MR) is 87.2 cm³/mol. The summed E-state index contributed by atoms with van der Waals surface area (Å²) in [4.78, 5) is 0. The summed E-state index contributed by atoms with van der Waals surface area (Å²) in [5.41, 5.74) is 2.47. The fourth-order valence-corrected chi connectivity index (χ4v) is 2.70. The first-order valence-electron chi connectivity index (χ1n) is 8.26. The molecule has 1 aliphatic heterocycles. The fourth-order valence-electron chi connectivity index (χ4n) is 2.70. The molecule has 0 bridgehead atoms. The van der Waals surface area contributed by atoms with Crippen LogP contribution in [-0.2, 0) is 15.9 Å². The first kappa shape index (κ1) is 16.3. The lowest BCUT2D eigenvalue weighted by Crippen LogP contribution is -2.27. The van der Waals surface area contributed by atoms with Gasteiger partial charge in [0.25, 0.3) is 0 Å². The van der Waals surface area contributed by atoms with Crippen molar-refractivity contribution in [1.82, 2.24) is 0 Å². The van der Waals surface area contributed by atoms with Crippen molar-refractivity contribution in [2.45, 2.75) is 51.7 Å². The monoisotopic (exact) mass is 288 g/mol. The number of allylic oxidation sites excluding steroid dienone is 1. The van der Waals surface area contributed by atoms with E-state index in [1.165, 1.54) is 31.2 Å². The van der Waals surface area contributed by atoms with E-state index in [1.807, 2.05) is 6.08 Å². The molecule has 0 aromatic heterocycles. The summed E-state index contributed by atoms with van der Waals surface area (Å²) < 4.78 is 11.8. The van der Waals surface area contributed by atoms with Gasteiger partial charge in [0.2, 0.25) is 0 Å². The van der Waals surface area contributed by atoms with E-state index in [9.17, 15) is 0 Å². The highest BCUT2D eigenvalue weighted by molar-refractivity contribution is 5.24. The zero-order chi connectivity index (χ0) is 14.9. The van der Waals surface area contributed by atoms with Crippen molar-refractivity contribution in [3.8, 4) is 0 Å². The summed E-state index contributed by atoms with van der Waals surface area (Å²) >= 11 is 0. The summed E-state index contributed by atoms with van der Waals surface area (Å²) in [6.07, 6.45) is 8.95. The van der Waals surface area contributed by atoms with Gasteiger partial charge in [0.1, 0.15) is 0 Å². The van der Waals surface area contributed by atoms with Gasteiger partial charge in [0, 0.05) is 11.5 Å². The number of rotatable bonds is 8. The molecule has 1 aliphatic rings. The second-order valence-electron chi connectivity index (χ2n) is 5.93. The standard InChI is InChI=1S/C19H28O2/c1-3-5-7-9-17-14-20-19(21-15-17)18-12-10-16(11-13-18)8-6-4-2/h4,10-13,17,19H,2-3,5-9,14-15H2,1H3. The Labute approximate surface area is 129 Å². The molecule has 21 heavy (non-hydrogen) atoms. The maximum Gasteiger partial charge on any atom is 0.183 e. The molecule has 1 aromatic carbocycles. The van der Waals surface area contributed by atoms with E-state index in [-0.39, 0.29) is 6.29 Å². The van der Waals surface area contributed by atoms with Gasteiger partial charge in [-0.25, -0.2) is 0 Å². The van der Waals surface area contributed by atoms with E-state index < -0.39 is 0 Å². The van der Waals surface area contributed by atoms with E-state index in [0.717, 1.165) is 31.6 Å². The summed E-state index contributed by atoms with van der Waals surface area (Å²) in [6.45, 7) is 7.65. The first-order valence-corrected chi connectivity index (χ1v) is 8.26. The highest BCUT2D eigenvalue weighted by atomic mass is 16.7. The Bertz CT molecular complexity index is 402. The Morgan fingerprint density at radius 2 is 1.86 bits per heavy atom. The van der Waals surface area contributed by atoms with Crippen molar-refractivity contribution in [1.29, 1.82) is 0 Å². The van der Waals surface area contributed by atoms with Gasteiger partial charge in [0.15, 0.2) is 6.29 Å². The van der Waals surface area contributed by atoms with Gasteiger partial charge in [-0.15, -0.1) is 6.58 Å². The minimum atomic E-state index is -0.180. The molecular weight excluding hydrogens is 260 g/mol. The highest BCUT2D eigenvalue weighted by Gasteiger charge is 2.23. The Kier molecular flexibility index (Phi) is 6.98. The topological polar surface area (TPSA) is 18.5 Å². The summed E-state index contributed by atoms with van der Waals surface area (Å²) in [6, 6.07) is 8.58. The van der Waals surface area contributed by atoms with Crippen LogP contribution in [0.5, 0.6) is 0 Å². The zero-order valence-corrected chi connectivity index (χ0v) is 13.2. The molecule has 0 saturated carbocycles. The van der Waals surface area contributed by atoms with Crippen molar-refractivity contribution in [3.63, 3.8) is 0 Å². The molecule has 0 radical (unpaired) electrons. The van der Waals surface area contributed by atoms with Crippen LogP contribution in [0, 0.1) is 5.92 Å². The number of hydrogen-bond donors (Lipinski definition) is 0. The molecule has 2 rings (SSSR count). The van der Waals surface area contributed by atoms with Crippen LogP contribution >= 0.6 is 0 Å². The van der Waals surface area contributed by atoms with Crippen LogP contribution in [0.15, 0.2) is 36.9 Å². The van der Waals surface area contributed by atoms with Crippen molar-refractivity contribution < 1.29 is 9.47 Å². The average molecular weight is 288 g/mol. The second kappa shape index (κ2) is 9.01. The molecule has 0 unspecified atom stereocenters. The van der Waals surface area contributed by atoms with Gasteiger partial charge in [-0.2, -0.15) is 0 Å². The van der Waals surface area contributed by atoms with Crippen molar-refractivity contribution >= 4 is 0 Å². The van der Waals surface area contributed by atoms with Gasteiger partial charge in [-0.1, -0.05) is 56.5 Å². The molecule has 1 heterocycles. The predicted octanol–water partition coefficient (Wildman–Crippen LogP) is 5.05. The third-order valence-corrected chi connectivity index (χ3v) is 4.07. The molecule has 1 saturated heterocycles. The minimum Gasteiger partial charge on any atom is -0.348 e. The van der Waals surface area contributed by atoms with E-state index in [0.29, 0.717) is 5.92 Å². The minimum absolute atomic E-state index is 0.180. The average Bonchev–Trinajstić information content (AvgIpc) is 2.54. The van der Waals surface area contributed by atoms with Crippen LogP contribution in [-0.4, -0.2) is 13.2 Å². The molecule has 1 aromatic rings. The molecule has 2 heteroatoms. The maximum atomic E-state index is 5.89. The lowest BCUT2D eigenvalue weighted by Gasteiger charge is -2.29. The molecule has 0 N–H and O–H groups in total. The quantitative estimate of drug-likeness (QED) is 0.492. The van der Waals surface area contributed by atoms with Gasteiger partial charge in [0.05, 0.1) is 13.2 Å². The normalized spacial score (nSPS) is 22.1. The number of hydrogen-bond acceptors (Lipinski definition) is 2. The number of benzene rings is 1. The first-order chi connectivity index (χ1) is 10.3. The smallest absolute Gasteiger partial charge is 0.183 e. The van der Waals surface area contributed by atoms with Crippen LogP contribution in [0.1, 0.15) is 56.4 Å². The summed E-state index contributed by atoms with van der Waals surface area (Å²) in [7, 11) is 0. The summed E-state index contributed by atoms with van der Waals surface area (Å²) in [5, 5.41) is 0. The van der Waals surface area contributed by atoms with E-state index in [2.05, 4.69) is 37.8 Å². The van der Waals surface area contributed by atoms with Crippen LogP contribution in [0.3, 0.4) is 0 Å². The lowest BCUT2D eigenvalue weighted by molar-refractivity contribution is -0.206. The fraction of sp³-hybridized carbons (Fsp3) is 0.579. The van der Waals surface area contributed by atoms with E-state index in [4.69, 9.17) is 9.47 Å². The van der Waals surface area contributed by atoms with Crippen LogP contribution in [0.4, 0.5) is 0 Å². The molecule has 0 aliphatic carbocycles. The van der Waals surface area contributed by atoms with Crippen molar-refractivity contribution in [2.75, 3.05) is 13.2 Å². The number of ether oxygens (including phenoxy) is 2. The Balaban J connectivity index is 1.77. The van der Waals surface area contributed by atoms with Gasteiger partial charge < -0.3 is 9.47 Å². The second-order valence-corrected chi connectivity index (χ2v) is 5.93. The van der Waals surface area contributed by atoms with E-state index >= 15 is 0 Å².